The Kier molecular flexibility index (Phi) is 37.2. The largest absolute Gasteiger partial charge is 0.388 e. The quantitative estimate of drug-likeness (QED) is 0.0183. The summed E-state index contributed by atoms with van der Waals surface area (Å²) in [7, 11) is 0. The summed E-state index contributed by atoms with van der Waals surface area (Å²) < 4.78 is 11.8. The number of rotatable bonds is 17. The summed E-state index contributed by atoms with van der Waals surface area (Å²) >= 11 is 11.8. The number of fused-ring (bicyclic) bond motifs is 6. The number of aliphatic hydroxyl groups excluding tert-OH is 2. The van der Waals surface area contributed by atoms with Gasteiger partial charge in [0.2, 0.25) is 27.8 Å². The van der Waals surface area contributed by atoms with E-state index in [1.165, 1.54) is 75.6 Å². The third-order valence-corrected chi connectivity index (χ3v) is 26.3. The van der Waals surface area contributed by atoms with E-state index in [1.807, 2.05) is 106 Å². The number of aromatic nitrogens is 6. The van der Waals surface area contributed by atoms with Gasteiger partial charge in [-0.1, -0.05) is 151 Å². The van der Waals surface area contributed by atoms with Crippen LogP contribution in [0.25, 0.3) is 65.4 Å². The van der Waals surface area contributed by atoms with Crippen LogP contribution >= 0.6 is 63.7 Å². The van der Waals surface area contributed by atoms with Crippen LogP contribution in [-0.4, -0.2) is 94.2 Å². The number of nitrogens with two attached hydrogens (primary N) is 1. The van der Waals surface area contributed by atoms with Crippen molar-refractivity contribution >= 4 is 160 Å². The van der Waals surface area contributed by atoms with Gasteiger partial charge in [-0.2, -0.15) is 0 Å². The minimum atomic E-state index is -1.38. The number of pyridine rings is 6. The van der Waals surface area contributed by atoms with E-state index in [2.05, 4.69) is 142 Å². The number of carbonyl (C=O) groups excluding carboxylic acids is 2. The van der Waals surface area contributed by atoms with E-state index in [1.54, 1.807) is 72.9 Å². The molecule has 6 aromatic carbocycles. The molecular weight excluding hydrogens is 1690 g/mol. The molecule has 0 saturated carbocycles. The molecule has 2 atom stereocenters. The Balaban J connectivity index is 0.000000219. The van der Waals surface area contributed by atoms with Crippen molar-refractivity contribution in [1.29, 1.82) is 0 Å². The van der Waals surface area contributed by atoms with Gasteiger partial charge >= 0.3 is 96.8 Å². The number of aromatic amines is 5. The number of H-pyrrole nitrogens is 5. The van der Waals surface area contributed by atoms with Crippen molar-refractivity contribution in [3.8, 4) is 0 Å². The second-order valence-electron chi connectivity index (χ2n) is 26.7. The fraction of sp³-hybridized carbons (Fsp3) is 0.301. The Hall–Kier alpha value is -7.74. The molecule has 0 unspecified atom stereocenters. The van der Waals surface area contributed by atoms with E-state index < -0.39 is 32.0 Å². The number of Topliss-reactive ketones (excluding diaryl/α,β-unsaturated/α-hetero) is 2. The number of aliphatic hydroxyl groups is 2. The van der Waals surface area contributed by atoms with Crippen molar-refractivity contribution < 1.29 is 24.5 Å². The number of carbonyl (C=O) groups is 2. The van der Waals surface area contributed by atoms with Crippen molar-refractivity contribution in [2.45, 2.75) is 134 Å². The first-order valence-corrected chi connectivity index (χ1v) is 43.9. The molecule has 0 aliphatic carbocycles. The van der Waals surface area contributed by atoms with Gasteiger partial charge in [-0.05, 0) is 142 Å². The summed E-state index contributed by atoms with van der Waals surface area (Å²) in [6.07, 6.45) is 7.82. The Labute approximate surface area is 653 Å². The van der Waals surface area contributed by atoms with Gasteiger partial charge in [0.25, 0.3) is 0 Å². The van der Waals surface area contributed by atoms with Crippen LogP contribution in [0.2, 0.25) is 8.87 Å². The third kappa shape index (κ3) is 29.9. The minimum absolute atomic E-state index is 0. The first-order chi connectivity index (χ1) is 49.9. The molecule has 22 heteroatoms. The van der Waals surface area contributed by atoms with Gasteiger partial charge in [0.1, 0.15) is 0 Å². The molecule has 0 aliphatic heterocycles. The molecule has 0 saturated heterocycles. The maximum Gasteiger partial charge on any atom is 0.248 e. The number of ketones is 2. The number of unbranched alkanes of at least 4 members (excludes halogenated alkanes) is 2. The van der Waals surface area contributed by atoms with Crippen molar-refractivity contribution in [2.24, 2.45) is 11.1 Å². The van der Waals surface area contributed by atoms with E-state index in [0.29, 0.717) is 27.5 Å². The first kappa shape index (κ1) is 87.9. The maximum atomic E-state index is 11.6. The molecule has 6 aromatic heterocycles. The Morgan fingerprint density at radius 1 is 0.514 bits per heavy atom. The van der Waals surface area contributed by atoms with Gasteiger partial charge < -0.3 is 40.9 Å². The predicted molar refractivity (Wildman–Crippen MR) is 450 cm³/mol. The van der Waals surface area contributed by atoms with Gasteiger partial charge in [0.15, 0.2) is 11.6 Å². The molecule has 0 fully saturated rings. The zero-order valence-corrected chi connectivity index (χ0v) is 70.4. The van der Waals surface area contributed by atoms with E-state index >= 15 is 0 Å². The van der Waals surface area contributed by atoms with E-state index in [4.69, 9.17) is 10.5 Å². The predicted octanol–water partition coefficient (Wildman–Crippen LogP) is 19.4. The SMILES string of the molecule is Brc1cccc2ncccc12.C=[C](OCC)[Sn]([CH2]CCC)[CH2]CCC.CC(=O)c1cccc2[nH]c(=O)ccc12.CC(C)(C)CC[C@H](O)c1cccc2[nH]c(=O)ccc12.CC(C)(C)N.O=C(CBr)c1cccc2[nH]c(=O)ccc12.O=c1ccc2c(Br)cccc2[nH]1.O=c1ccc2c([C@@H](O)CBr)cccc2[nH]1. The molecule has 0 aliphatic rings. The molecule has 6 heterocycles. The summed E-state index contributed by atoms with van der Waals surface area (Å²) in [5.41, 5.74) is 12.7. The average molecular weight is 1790 g/mol. The number of halogens is 4. The molecule has 9 N–H and O–H groups in total. The molecule has 555 valence electrons. The second-order valence-corrected chi connectivity index (χ2v) is 37.5. The van der Waals surface area contributed by atoms with E-state index in [-0.39, 0.29) is 55.6 Å². The zero-order valence-electron chi connectivity index (χ0n) is 61.2. The molecular formula is C83H96Br4N7O10Sn. The molecule has 0 spiro atoms. The van der Waals surface area contributed by atoms with Crippen LogP contribution in [-0.2, 0) is 4.74 Å². The van der Waals surface area contributed by atoms with Crippen LogP contribution in [0.1, 0.15) is 152 Å². The standard InChI is InChI=1S/C16H21NO2.C11H10BrNO2.C11H8BrNO2.C11H9NO2.C9H6BrNO.C9H6BrN.C4H11N.C4H7O.2C4H9.Sn/c1-16(2,3)10-9-14(18)12-5-4-6-13-11(12)7-8-15(19)17-13;2*12-6-10(14)8-2-1-3-9-7(8)4-5-11(15)13-9;1-7(13)8-3-2-4-10-9(8)5-6-11(14)12-10;10-7-2-1-3-8-6(7)4-5-9(12)11-8;10-8-4-1-5-9-7(8)3-2-6-11-9;1-4(2,3)5;1-3-5-4-2;2*1-3-4-2;/h4-8,14,18H,9-10H2,1-3H3,(H,17,19);1-5,10,14H,6H2,(H,13,15);1-5H,6H2,(H,13,15);2-6H,1H3,(H,12,14);1-5H,(H,11,12);1-6H;5H2,1-3H3;1,4H2,2H3;2*1,3-4H2,2H3;/t14-;10-;;;;;;;;;/m00........./s1. The topological polar surface area (TPSA) is 287 Å². The van der Waals surface area contributed by atoms with Gasteiger partial charge in [-0.15, -0.1) is 0 Å². The van der Waals surface area contributed by atoms with Crippen LogP contribution in [0.5, 0.6) is 0 Å². The van der Waals surface area contributed by atoms with Crippen LogP contribution in [0.4, 0.5) is 0 Å². The fourth-order valence-corrected chi connectivity index (χ4v) is 19.9. The van der Waals surface area contributed by atoms with E-state index in [0.717, 1.165) is 93.9 Å². The third-order valence-electron chi connectivity index (χ3n) is 15.6. The molecule has 0 amide bonds. The maximum absolute atomic E-state index is 11.6. The minimum Gasteiger partial charge on any atom is -0.388 e. The number of benzene rings is 6. The van der Waals surface area contributed by atoms with Crippen molar-refractivity contribution in [2.75, 3.05) is 17.3 Å². The van der Waals surface area contributed by atoms with Gasteiger partial charge in [0.05, 0.1) is 23.1 Å². The van der Waals surface area contributed by atoms with Gasteiger partial charge in [0, 0.05) is 127 Å². The second kappa shape index (κ2) is 44.4. The molecule has 12 rings (SSSR count). The summed E-state index contributed by atoms with van der Waals surface area (Å²) in [5.74, 6) is 0.00954. The van der Waals surface area contributed by atoms with Crippen molar-refractivity contribution in [1.82, 2.24) is 29.9 Å². The summed E-state index contributed by atoms with van der Waals surface area (Å²) in [5, 5.41) is 26.4. The molecule has 1 radical (unpaired) electrons. The Bertz CT molecular complexity index is 5100. The number of ether oxygens (including phenoxy) is 1. The fourth-order valence-electron chi connectivity index (χ4n) is 10.5. The molecule has 0 bridgehead atoms. The Morgan fingerprint density at radius 2 is 0.895 bits per heavy atom. The zero-order chi connectivity index (χ0) is 77.4. The molecule has 12 aromatic rings. The van der Waals surface area contributed by atoms with E-state index in [9.17, 15) is 43.8 Å². The smallest absolute Gasteiger partial charge is 0.248 e. The number of nitrogens with one attached hydrogen (secondary N) is 5. The van der Waals surface area contributed by atoms with Crippen LogP contribution in [0.3, 0.4) is 0 Å². The summed E-state index contributed by atoms with van der Waals surface area (Å²) in [6.45, 7) is 25.4. The number of hydrogen-bond donors (Lipinski definition) is 8. The Morgan fingerprint density at radius 3 is 1.31 bits per heavy atom. The van der Waals surface area contributed by atoms with Crippen LogP contribution in [0.15, 0.2) is 231 Å². The number of hydrogen-bond acceptors (Lipinski definition) is 12. The number of nitrogens with zero attached hydrogens (tertiary/aromatic N) is 1. The number of alkyl halides is 2. The van der Waals surface area contributed by atoms with Gasteiger partial charge in [-0.25, -0.2) is 0 Å². The van der Waals surface area contributed by atoms with Crippen molar-refractivity contribution in [3.05, 3.63) is 282 Å². The monoisotopic (exact) mass is 1790 g/mol. The van der Waals surface area contributed by atoms with Gasteiger partial charge in [-0.3, -0.25) is 38.5 Å². The first-order valence-electron chi connectivity index (χ1n) is 34.6. The average Bonchev–Trinajstić information content (AvgIpc) is 0.830. The normalized spacial score (nSPS) is 11.4. The van der Waals surface area contributed by atoms with Crippen molar-refractivity contribution in [3.63, 3.8) is 0 Å². The summed E-state index contributed by atoms with van der Waals surface area (Å²) in [6, 6.07) is 53.4. The summed E-state index contributed by atoms with van der Waals surface area (Å²) in [4.78, 5) is 96.1. The molecule has 17 nitrogen and oxygen atoms in total. The van der Waals surface area contributed by atoms with Crippen LogP contribution < -0.4 is 33.5 Å². The molecule has 105 heavy (non-hydrogen) atoms. The van der Waals surface area contributed by atoms with Crippen LogP contribution in [0, 0.1) is 5.41 Å².